The van der Waals surface area contributed by atoms with Gasteiger partial charge in [-0.25, -0.2) is 0 Å². The fourth-order valence-corrected chi connectivity index (χ4v) is 1.53. The van der Waals surface area contributed by atoms with E-state index in [0.717, 1.165) is 22.0 Å². The fourth-order valence-electron chi connectivity index (χ4n) is 1.36. The maximum atomic E-state index is 6.03. The van der Waals surface area contributed by atoms with Crippen LogP contribution < -0.4 is 5.32 Å². The van der Waals surface area contributed by atoms with Gasteiger partial charge in [0, 0.05) is 22.5 Å². The second-order valence-electron chi connectivity index (χ2n) is 3.31. The highest BCUT2D eigenvalue weighted by Crippen LogP contribution is 2.25. The monoisotopic (exact) mass is 216 g/mol. The van der Waals surface area contributed by atoms with Gasteiger partial charge in [-0.2, -0.15) is 0 Å². The van der Waals surface area contributed by atoms with Crippen molar-refractivity contribution in [2.75, 3.05) is 5.32 Å². The molecule has 2 heteroatoms. The van der Waals surface area contributed by atoms with Crippen LogP contribution in [0.5, 0.6) is 0 Å². The molecular formula is C13H11ClN. The molecule has 2 rings (SSSR count). The van der Waals surface area contributed by atoms with Crippen molar-refractivity contribution in [3.63, 3.8) is 0 Å². The third-order valence-corrected chi connectivity index (χ3v) is 2.66. The van der Waals surface area contributed by atoms with Crippen LogP contribution in [0, 0.1) is 13.0 Å². The Hall–Kier alpha value is -1.47. The van der Waals surface area contributed by atoms with Gasteiger partial charge in [0.25, 0.3) is 0 Å². The Labute approximate surface area is 94.7 Å². The van der Waals surface area contributed by atoms with Crippen LogP contribution in [0.4, 0.5) is 11.4 Å². The summed E-state index contributed by atoms with van der Waals surface area (Å²) in [5.74, 6) is 0. The van der Waals surface area contributed by atoms with E-state index in [2.05, 4.69) is 11.4 Å². The number of para-hydroxylation sites is 1. The van der Waals surface area contributed by atoms with Crippen LogP contribution in [0.2, 0.25) is 5.02 Å². The Kier molecular flexibility index (Phi) is 2.93. The topological polar surface area (TPSA) is 12.0 Å². The first-order valence-electron chi connectivity index (χ1n) is 4.76. The van der Waals surface area contributed by atoms with E-state index in [9.17, 15) is 0 Å². The second kappa shape index (κ2) is 4.37. The molecule has 0 bridgehead atoms. The predicted molar refractivity (Wildman–Crippen MR) is 64.7 cm³/mol. The zero-order valence-electron chi connectivity index (χ0n) is 8.42. The molecule has 0 fully saturated rings. The lowest BCUT2D eigenvalue weighted by atomic mass is 10.2. The van der Waals surface area contributed by atoms with Crippen molar-refractivity contribution < 1.29 is 0 Å². The standard InChI is InChI=1S/C13H11ClN/c1-10-12(14)8-5-9-13(10)15-11-6-3-2-4-7-11/h2-6,8-9,15H,1H3. The van der Waals surface area contributed by atoms with Gasteiger partial charge in [0.15, 0.2) is 0 Å². The normalized spacial score (nSPS) is 10.0. The Bertz CT molecular complexity index is 451. The van der Waals surface area contributed by atoms with E-state index in [1.54, 1.807) is 0 Å². The summed E-state index contributed by atoms with van der Waals surface area (Å²) >= 11 is 6.03. The Morgan fingerprint density at radius 1 is 1.13 bits per heavy atom. The van der Waals surface area contributed by atoms with E-state index >= 15 is 0 Å². The molecule has 15 heavy (non-hydrogen) atoms. The molecule has 0 aromatic heterocycles. The summed E-state index contributed by atoms with van der Waals surface area (Å²) in [6, 6.07) is 16.7. The minimum Gasteiger partial charge on any atom is -0.355 e. The molecule has 1 N–H and O–H groups in total. The third kappa shape index (κ3) is 2.31. The number of rotatable bonds is 2. The number of nitrogens with one attached hydrogen (secondary N) is 1. The van der Waals surface area contributed by atoms with Gasteiger partial charge < -0.3 is 5.32 Å². The highest BCUT2D eigenvalue weighted by molar-refractivity contribution is 6.31. The van der Waals surface area contributed by atoms with Crippen molar-refractivity contribution in [2.45, 2.75) is 6.92 Å². The van der Waals surface area contributed by atoms with Crippen LogP contribution in [-0.4, -0.2) is 0 Å². The summed E-state index contributed by atoms with van der Waals surface area (Å²) in [6.07, 6.45) is 0. The van der Waals surface area contributed by atoms with E-state index in [0.29, 0.717) is 0 Å². The van der Waals surface area contributed by atoms with Crippen LogP contribution in [0.3, 0.4) is 0 Å². The van der Waals surface area contributed by atoms with Gasteiger partial charge in [0.05, 0.1) is 0 Å². The molecule has 2 aromatic carbocycles. The van der Waals surface area contributed by atoms with Crippen molar-refractivity contribution in [1.29, 1.82) is 0 Å². The van der Waals surface area contributed by atoms with Gasteiger partial charge in [0.2, 0.25) is 0 Å². The number of halogens is 1. The molecule has 0 aliphatic heterocycles. The molecular weight excluding hydrogens is 206 g/mol. The molecule has 0 aliphatic carbocycles. The SMILES string of the molecule is Cc1c(Cl)cccc1Nc1[c]cccc1. The molecule has 0 saturated carbocycles. The first kappa shape index (κ1) is 10.1. The lowest BCUT2D eigenvalue weighted by Gasteiger charge is -2.09. The van der Waals surface area contributed by atoms with E-state index in [1.165, 1.54) is 0 Å². The average molecular weight is 217 g/mol. The lowest BCUT2D eigenvalue weighted by Crippen LogP contribution is -1.92. The third-order valence-electron chi connectivity index (χ3n) is 2.25. The molecule has 1 radical (unpaired) electrons. The van der Waals surface area contributed by atoms with Crippen LogP contribution in [0.1, 0.15) is 5.56 Å². The molecule has 0 spiro atoms. The number of hydrogen-bond acceptors (Lipinski definition) is 1. The summed E-state index contributed by atoms with van der Waals surface area (Å²) in [6.45, 7) is 1.99. The zero-order valence-corrected chi connectivity index (χ0v) is 9.18. The molecule has 0 aliphatic rings. The Morgan fingerprint density at radius 2 is 2.00 bits per heavy atom. The molecule has 75 valence electrons. The van der Waals surface area contributed by atoms with E-state index < -0.39 is 0 Å². The largest absolute Gasteiger partial charge is 0.355 e. The summed E-state index contributed by atoms with van der Waals surface area (Å²) in [4.78, 5) is 0. The fraction of sp³-hybridized carbons (Fsp3) is 0.0769. The van der Waals surface area contributed by atoms with E-state index in [1.807, 2.05) is 49.4 Å². The second-order valence-corrected chi connectivity index (χ2v) is 3.72. The molecule has 1 nitrogen and oxygen atoms in total. The van der Waals surface area contributed by atoms with Crippen LogP contribution in [0.25, 0.3) is 0 Å². The minimum absolute atomic E-state index is 0.774. The molecule has 0 heterocycles. The Balaban J connectivity index is 2.29. The maximum absolute atomic E-state index is 6.03. The number of hydrogen-bond donors (Lipinski definition) is 1. The van der Waals surface area contributed by atoms with E-state index in [4.69, 9.17) is 11.6 Å². The highest BCUT2D eigenvalue weighted by Gasteiger charge is 2.01. The number of anilines is 2. The van der Waals surface area contributed by atoms with Crippen molar-refractivity contribution in [3.05, 3.63) is 59.1 Å². The summed E-state index contributed by atoms with van der Waals surface area (Å²) < 4.78 is 0. The summed E-state index contributed by atoms with van der Waals surface area (Å²) in [7, 11) is 0. The molecule has 0 atom stereocenters. The van der Waals surface area contributed by atoms with Crippen molar-refractivity contribution >= 4 is 23.0 Å². The molecule has 0 unspecified atom stereocenters. The van der Waals surface area contributed by atoms with Gasteiger partial charge >= 0.3 is 0 Å². The van der Waals surface area contributed by atoms with Gasteiger partial charge in [-0.05, 0) is 30.7 Å². The molecule has 0 saturated heterocycles. The van der Waals surface area contributed by atoms with Crippen LogP contribution >= 0.6 is 11.6 Å². The summed E-state index contributed by atoms with van der Waals surface area (Å²) in [5.41, 5.74) is 3.02. The molecule has 0 amide bonds. The predicted octanol–water partition coefficient (Wildman–Crippen LogP) is 4.19. The highest BCUT2D eigenvalue weighted by atomic mass is 35.5. The first-order valence-corrected chi connectivity index (χ1v) is 5.14. The van der Waals surface area contributed by atoms with Gasteiger partial charge in [-0.15, -0.1) is 0 Å². The molecule has 2 aromatic rings. The zero-order chi connectivity index (χ0) is 10.7. The van der Waals surface area contributed by atoms with Crippen molar-refractivity contribution in [3.8, 4) is 0 Å². The smallest absolute Gasteiger partial charge is 0.0464 e. The van der Waals surface area contributed by atoms with Crippen LogP contribution in [-0.2, 0) is 0 Å². The lowest BCUT2D eigenvalue weighted by molar-refractivity contribution is 1.43. The Morgan fingerprint density at radius 3 is 2.73 bits per heavy atom. The first-order chi connectivity index (χ1) is 7.27. The van der Waals surface area contributed by atoms with Crippen molar-refractivity contribution in [2.24, 2.45) is 0 Å². The van der Waals surface area contributed by atoms with Crippen LogP contribution in [0.15, 0.2) is 42.5 Å². The maximum Gasteiger partial charge on any atom is 0.0464 e. The van der Waals surface area contributed by atoms with Gasteiger partial charge in [-0.3, -0.25) is 0 Å². The van der Waals surface area contributed by atoms with Gasteiger partial charge in [-0.1, -0.05) is 35.9 Å². The van der Waals surface area contributed by atoms with Crippen molar-refractivity contribution in [1.82, 2.24) is 0 Å². The minimum atomic E-state index is 0.774. The quantitative estimate of drug-likeness (QED) is 0.794. The number of benzene rings is 2. The van der Waals surface area contributed by atoms with E-state index in [-0.39, 0.29) is 0 Å². The summed E-state index contributed by atoms with van der Waals surface area (Å²) in [5, 5.41) is 4.05. The average Bonchev–Trinajstić information content (AvgIpc) is 2.26. The van der Waals surface area contributed by atoms with Gasteiger partial charge in [0.1, 0.15) is 0 Å².